The SMILES string of the molecule is CCCOc1cc(N)cc(NC2(CO)CCC2)c1. The minimum absolute atomic E-state index is 0.157. The van der Waals surface area contributed by atoms with Crippen LogP contribution in [0.5, 0.6) is 5.75 Å². The van der Waals surface area contributed by atoms with Gasteiger partial charge in [0.2, 0.25) is 0 Å². The molecule has 100 valence electrons. The number of nitrogen functional groups attached to an aromatic ring is 1. The molecule has 4 N–H and O–H groups in total. The Bertz CT molecular complexity index is 397. The third kappa shape index (κ3) is 2.88. The zero-order valence-electron chi connectivity index (χ0n) is 10.9. The number of aliphatic hydroxyl groups is 1. The van der Waals surface area contributed by atoms with Gasteiger partial charge in [-0.2, -0.15) is 0 Å². The summed E-state index contributed by atoms with van der Waals surface area (Å²) in [6.45, 7) is 2.92. The summed E-state index contributed by atoms with van der Waals surface area (Å²) in [5.74, 6) is 0.784. The van der Waals surface area contributed by atoms with Crippen molar-refractivity contribution < 1.29 is 9.84 Å². The minimum Gasteiger partial charge on any atom is -0.493 e. The Labute approximate surface area is 108 Å². The van der Waals surface area contributed by atoms with Gasteiger partial charge in [0.1, 0.15) is 5.75 Å². The van der Waals surface area contributed by atoms with Crippen LogP contribution in [0.15, 0.2) is 18.2 Å². The molecule has 1 aromatic carbocycles. The van der Waals surface area contributed by atoms with Gasteiger partial charge < -0.3 is 20.9 Å². The van der Waals surface area contributed by atoms with Crippen LogP contribution in [-0.4, -0.2) is 23.9 Å². The largest absolute Gasteiger partial charge is 0.493 e. The number of anilines is 2. The molecule has 0 bridgehead atoms. The third-order valence-corrected chi connectivity index (χ3v) is 3.42. The normalized spacial score (nSPS) is 17.0. The van der Waals surface area contributed by atoms with Gasteiger partial charge in [-0.05, 0) is 31.7 Å². The van der Waals surface area contributed by atoms with Gasteiger partial charge in [0.15, 0.2) is 0 Å². The van der Waals surface area contributed by atoms with E-state index in [1.165, 1.54) is 0 Å². The fraction of sp³-hybridized carbons (Fsp3) is 0.571. The van der Waals surface area contributed by atoms with Gasteiger partial charge in [0, 0.05) is 23.5 Å². The van der Waals surface area contributed by atoms with Crippen LogP contribution in [0.4, 0.5) is 11.4 Å². The van der Waals surface area contributed by atoms with Gasteiger partial charge in [0.25, 0.3) is 0 Å². The second-order valence-corrected chi connectivity index (χ2v) is 5.06. The Kier molecular flexibility index (Phi) is 3.97. The Hall–Kier alpha value is -1.42. The average molecular weight is 250 g/mol. The Morgan fingerprint density at radius 2 is 2.17 bits per heavy atom. The second-order valence-electron chi connectivity index (χ2n) is 5.06. The van der Waals surface area contributed by atoms with Crippen LogP contribution in [0.3, 0.4) is 0 Å². The van der Waals surface area contributed by atoms with Crippen LogP contribution in [-0.2, 0) is 0 Å². The van der Waals surface area contributed by atoms with Crippen LogP contribution < -0.4 is 15.8 Å². The van der Waals surface area contributed by atoms with Crippen LogP contribution in [0.1, 0.15) is 32.6 Å². The average Bonchev–Trinajstić information content (AvgIpc) is 2.30. The van der Waals surface area contributed by atoms with E-state index in [4.69, 9.17) is 10.5 Å². The van der Waals surface area contributed by atoms with Crippen molar-refractivity contribution in [3.8, 4) is 5.75 Å². The summed E-state index contributed by atoms with van der Waals surface area (Å²) >= 11 is 0. The molecule has 18 heavy (non-hydrogen) atoms. The number of aliphatic hydroxyl groups excluding tert-OH is 1. The number of hydrogen-bond acceptors (Lipinski definition) is 4. The molecule has 1 aliphatic rings. The van der Waals surface area contributed by atoms with Crippen molar-refractivity contribution >= 4 is 11.4 Å². The molecule has 0 saturated heterocycles. The molecule has 0 spiro atoms. The molecular formula is C14H22N2O2. The first-order valence-corrected chi connectivity index (χ1v) is 6.60. The molecule has 1 fully saturated rings. The Morgan fingerprint density at radius 3 is 2.72 bits per heavy atom. The zero-order chi connectivity index (χ0) is 13.0. The number of nitrogens with one attached hydrogen (secondary N) is 1. The number of benzene rings is 1. The molecule has 1 saturated carbocycles. The van der Waals surface area contributed by atoms with Crippen LogP contribution in [0.2, 0.25) is 0 Å². The fourth-order valence-electron chi connectivity index (χ4n) is 2.23. The first-order chi connectivity index (χ1) is 8.67. The molecule has 1 aliphatic carbocycles. The van der Waals surface area contributed by atoms with Crippen molar-refractivity contribution in [2.75, 3.05) is 24.3 Å². The lowest BCUT2D eigenvalue weighted by atomic mass is 9.77. The Morgan fingerprint density at radius 1 is 1.39 bits per heavy atom. The maximum absolute atomic E-state index is 9.45. The number of hydrogen-bond donors (Lipinski definition) is 3. The summed E-state index contributed by atoms with van der Waals surface area (Å²) in [5.41, 5.74) is 7.32. The lowest BCUT2D eigenvalue weighted by molar-refractivity contribution is 0.144. The number of ether oxygens (including phenoxy) is 1. The molecule has 0 radical (unpaired) electrons. The molecule has 2 rings (SSSR count). The summed E-state index contributed by atoms with van der Waals surface area (Å²) in [5, 5.41) is 12.8. The molecule has 0 unspecified atom stereocenters. The highest BCUT2D eigenvalue weighted by atomic mass is 16.5. The van der Waals surface area contributed by atoms with Gasteiger partial charge in [-0.1, -0.05) is 6.92 Å². The van der Waals surface area contributed by atoms with Gasteiger partial charge in [-0.15, -0.1) is 0 Å². The van der Waals surface area contributed by atoms with E-state index >= 15 is 0 Å². The molecule has 4 nitrogen and oxygen atoms in total. The highest BCUT2D eigenvalue weighted by molar-refractivity contribution is 5.60. The topological polar surface area (TPSA) is 67.5 Å². The van der Waals surface area contributed by atoms with Crippen LogP contribution >= 0.6 is 0 Å². The predicted molar refractivity (Wildman–Crippen MR) is 73.9 cm³/mol. The molecular weight excluding hydrogens is 228 g/mol. The molecule has 1 aromatic rings. The van der Waals surface area contributed by atoms with Crippen LogP contribution in [0.25, 0.3) is 0 Å². The van der Waals surface area contributed by atoms with E-state index < -0.39 is 0 Å². The Balaban J connectivity index is 2.09. The minimum atomic E-state index is -0.157. The number of nitrogens with two attached hydrogens (primary N) is 1. The summed E-state index contributed by atoms with van der Waals surface area (Å²) in [6.07, 6.45) is 4.14. The molecule has 4 heteroatoms. The van der Waals surface area contributed by atoms with E-state index in [1.54, 1.807) is 0 Å². The van der Waals surface area contributed by atoms with Crippen molar-refractivity contribution in [2.45, 2.75) is 38.1 Å². The van der Waals surface area contributed by atoms with Crippen molar-refractivity contribution in [1.29, 1.82) is 0 Å². The predicted octanol–water partition coefficient (Wildman–Crippen LogP) is 2.38. The molecule has 0 aromatic heterocycles. The zero-order valence-corrected chi connectivity index (χ0v) is 10.9. The van der Waals surface area contributed by atoms with Crippen molar-refractivity contribution in [3.05, 3.63) is 18.2 Å². The fourth-order valence-corrected chi connectivity index (χ4v) is 2.23. The van der Waals surface area contributed by atoms with E-state index in [0.717, 1.165) is 37.1 Å². The first-order valence-electron chi connectivity index (χ1n) is 6.60. The molecule has 0 atom stereocenters. The summed E-state index contributed by atoms with van der Waals surface area (Å²) in [7, 11) is 0. The number of rotatable bonds is 6. The smallest absolute Gasteiger partial charge is 0.123 e. The van der Waals surface area contributed by atoms with E-state index in [1.807, 2.05) is 18.2 Å². The van der Waals surface area contributed by atoms with Gasteiger partial charge in [0.05, 0.1) is 18.8 Å². The maximum Gasteiger partial charge on any atom is 0.123 e. The summed E-state index contributed by atoms with van der Waals surface area (Å²) < 4.78 is 5.59. The highest BCUT2D eigenvalue weighted by Crippen LogP contribution is 2.36. The quantitative estimate of drug-likeness (QED) is 0.678. The highest BCUT2D eigenvalue weighted by Gasteiger charge is 2.36. The maximum atomic E-state index is 9.45. The standard InChI is InChI=1S/C14H22N2O2/c1-2-6-18-13-8-11(15)7-12(9-13)16-14(10-17)4-3-5-14/h7-9,16-17H,2-6,10,15H2,1H3. The van der Waals surface area contributed by atoms with Gasteiger partial charge >= 0.3 is 0 Å². The lowest BCUT2D eigenvalue weighted by Crippen LogP contribution is -2.48. The molecule has 0 amide bonds. The summed E-state index contributed by atoms with van der Waals surface area (Å²) in [6, 6.07) is 5.66. The first kappa shape index (κ1) is 13.0. The van der Waals surface area contributed by atoms with Crippen molar-refractivity contribution in [3.63, 3.8) is 0 Å². The molecule has 0 aliphatic heterocycles. The van der Waals surface area contributed by atoms with E-state index in [0.29, 0.717) is 12.3 Å². The third-order valence-electron chi connectivity index (χ3n) is 3.42. The lowest BCUT2D eigenvalue weighted by Gasteiger charge is -2.42. The van der Waals surface area contributed by atoms with Gasteiger partial charge in [-0.3, -0.25) is 0 Å². The second kappa shape index (κ2) is 5.48. The van der Waals surface area contributed by atoms with Crippen LogP contribution in [0, 0.1) is 0 Å². The van der Waals surface area contributed by atoms with Gasteiger partial charge in [-0.25, -0.2) is 0 Å². The van der Waals surface area contributed by atoms with E-state index in [2.05, 4.69) is 12.2 Å². The monoisotopic (exact) mass is 250 g/mol. The van der Waals surface area contributed by atoms with Crippen molar-refractivity contribution in [2.24, 2.45) is 0 Å². The molecule has 0 heterocycles. The van der Waals surface area contributed by atoms with E-state index in [-0.39, 0.29) is 12.1 Å². The van der Waals surface area contributed by atoms with E-state index in [9.17, 15) is 5.11 Å². The summed E-state index contributed by atoms with van der Waals surface area (Å²) in [4.78, 5) is 0. The van der Waals surface area contributed by atoms with Crippen molar-refractivity contribution in [1.82, 2.24) is 0 Å².